The summed E-state index contributed by atoms with van der Waals surface area (Å²) in [6.07, 6.45) is 0. The van der Waals surface area contributed by atoms with Gasteiger partial charge in [0.15, 0.2) is 0 Å². The lowest BCUT2D eigenvalue weighted by Gasteiger charge is -2.16. The monoisotopic (exact) mass is 445 g/mol. The molecular weight excluding hydrogens is 422 g/mol. The standard InChI is InChI=1S/C26H24ClN3O2/c1-16-8-13-22(17(2)14-16)23-24(28-19-9-11-20(12-10-19)29(3)4)26(32)30(25(23)31)21-7-5-6-18(27)15-21/h5-15,28H,1-4H3. The Kier molecular flexibility index (Phi) is 5.76. The molecule has 0 unspecified atom stereocenters. The molecule has 4 rings (SSSR count). The number of rotatable bonds is 5. The molecule has 0 fully saturated rings. The zero-order valence-electron chi connectivity index (χ0n) is 18.4. The van der Waals surface area contributed by atoms with E-state index in [9.17, 15) is 9.59 Å². The topological polar surface area (TPSA) is 52.7 Å². The second-order valence-corrected chi connectivity index (χ2v) is 8.50. The van der Waals surface area contributed by atoms with Crippen molar-refractivity contribution >= 4 is 46.1 Å². The van der Waals surface area contributed by atoms with Crippen LogP contribution in [0.1, 0.15) is 16.7 Å². The second-order valence-electron chi connectivity index (χ2n) is 8.06. The minimum atomic E-state index is -0.413. The van der Waals surface area contributed by atoms with Crippen LogP contribution in [0.25, 0.3) is 5.57 Å². The first kappa shape index (κ1) is 21.7. The molecule has 2 amide bonds. The molecule has 0 saturated carbocycles. The van der Waals surface area contributed by atoms with Crippen molar-refractivity contribution in [1.29, 1.82) is 0 Å². The van der Waals surface area contributed by atoms with E-state index in [2.05, 4.69) is 5.32 Å². The van der Waals surface area contributed by atoms with Gasteiger partial charge in [-0.25, -0.2) is 4.90 Å². The molecule has 0 saturated heterocycles. The molecule has 5 nitrogen and oxygen atoms in total. The van der Waals surface area contributed by atoms with Gasteiger partial charge in [-0.3, -0.25) is 9.59 Å². The number of hydrogen-bond acceptors (Lipinski definition) is 4. The molecule has 1 N–H and O–H groups in total. The lowest BCUT2D eigenvalue weighted by atomic mass is 9.97. The molecule has 0 bridgehead atoms. The van der Waals surface area contributed by atoms with Crippen molar-refractivity contribution in [2.24, 2.45) is 0 Å². The summed E-state index contributed by atoms with van der Waals surface area (Å²) in [5, 5.41) is 3.66. The van der Waals surface area contributed by atoms with Crippen LogP contribution in [-0.4, -0.2) is 25.9 Å². The summed E-state index contributed by atoms with van der Waals surface area (Å²) in [7, 11) is 3.93. The zero-order chi connectivity index (χ0) is 23.0. The van der Waals surface area contributed by atoms with Crippen molar-refractivity contribution in [2.75, 3.05) is 29.2 Å². The molecule has 6 heteroatoms. The van der Waals surface area contributed by atoms with Gasteiger partial charge in [-0.15, -0.1) is 0 Å². The van der Waals surface area contributed by atoms with Gasteiger partial charge < -0.3 is 10.2 Å². The summed E-state index contributed by atoms with van der Waals surface area (Å²) in [5.74, 6) is -0.791. The Morgan fingerprint density at radius 2 is 1.59 bits per heavy atom. The zero-order valence-corrected chi connectivity index (χ0v) is 19.2. The highest BCUT2D eigenvalue weighted by Gasteiger charge is 2.40. The number of amides is 2. The third kappa shape index (κ3) is 3.99. The summed E-state index contributed by atoms with van der Waals surface area (Å²) in [5.41, 5.74) is 5.54. The maximum absolute atomic E-state index is 13.6. The van der Waals surface area contributed by atoms with E-state index in [1.165, 1.54) is 4.90 Å². The lowest BCUT2D eigenvalue weighted by Crippen LogP contribution is -2.32. The van der Waals surface area contributed by atoms with Gasteiger partial charge in [-0.2, -0.15) is 0 Å². The van der Waals surface area contributed by atoms with Crippen LogP contribution in [0.3, 0.4) is 0 Å². The van der Waals surface area contributed by atoms with Crippen molar-refractivity contribution in [3.05, 3.63) is 94.1 Å². The van der Waals surface area contributed by atoms with E-state index in [0.717, 1.165) is 28.1 Å². The molecular formula is C26H24ClN3O2. The molecule has 162 valence electrons. The minimum absolute atomic E-state index is 0.250. The van der Waals surface area contributed by atoms with Gasteiger partial charge in [0.2, 0.25) is 0 Å². The molecule has 1 aliphatic heterocycles. The van der Waals surface area contributed by atoms with E-state index in [0.29, 0.717) is 16.3 Å². The fourth-order valence-corrected chi connectivity index (χ4v) is 4.01. The summed E-state index contributed by atoms with van der Waals surface area (Å²) in [6.45, 7) is 3.94. The van der Waals surface area contributed by atoms with E-state index in [1.807, 2.05) is 75.3 Å². The fourth-order valence-electron chi connectivity index (χ4n) is 3.83. The number of anilines is 3. The van der Waals surface area contributed by atoms with E-state index in [-0.39, 0.29) is 11.6 Å². The molecule has 1 aliphatic rings. The maximum Gasteiger partial charge on any atom is 0.282 e. The van der Waals surface area contributed by atoms with Crippen molar-refractivity contribution in [1.82, 2.24) is 0 Å². The van der Waals surface area contributed by atoms with Crippen molar-refractivity contribution < 1.29 is 9.59 Å². The number of nitrogens with zero attached hydrogens (tertiary/aromatic N) is 2. The molecule has 0 radical (unpaired) electrons. The van der Waals surface area contributed by atoms with Crippen LogP contribution in [0.4, 0.5) is 17.1 Å². The number of carbonyl (C=O) groups excluding carboxylic acids is 2. The molecule has 3 aromatic carbocycles. The van der Waals surface area contributed by atoms with Crippen LogP contribution < -0.4 is 15.1 Å². The Labute approximate surface area is 192 Å². The summed E-state index contributed by atoms with van der Waals surface area (Å²) < 4.78 is 0. The van der Waals surface area contributed by atoms with Gasteiger partial charge in [0.05, 0.1) is 11.3 Å². The van der Waals surface area contributed by atoms with Gasteiger partial charge in [-0.05, 0) is 67.4 Å². The smallest absolute Gasteiger partial charge is 0.282 e. The quantitative estimate of drug-likeness (QED) is 0.533. The van der Waals surface area contributed by atoms with Gasteiger partial charge in [-0.1, -0.05) is 41.4 Å². The Balaban J connectivity index is 1.82. The van der Waals surface area contributed by atoms with Crippen molar-refractivity contribution in [3.8, 4) is 0 Å². The SMILES string of the molecule is Cc1ccc(C2=C(Nc3ccc(N(C)C)cc3)C(=O)N(c3cccc(Cl)c3)C2=O)c(C)c1. The average molecular weight is 446 g/mol. The van der Waals surface area contributed by atoms with Crippen LogP contribution in [0, 0.1) is 13.8 Å². The number of carbonyl (C=O) groups is 2. The van der Waals surface area contributed by atoms with E-state index in [1.54, 1.807) is 24.3 Å². The lowest BCUT2D eigenvalue weighted by molar-refractivity contribution is -0.120. The Morgan fingerprint density at radius 1 is 0.875 bits per heavy atom. The largest absolute Gasteiger partial charge is 0.378 e. The third-order valence-electron chi connectivity index (χ3n) is 5.45. The first-order valence-corrected chi connectivity index (χ1v) is 10.6. The second kappa shape index (κ2) is 8.52. The normalized spacial score (nSPS) is 13.7. The molecule has 1 heterocycles. The van der Waals surface area contributed by atoms with Crippen LogP contribution >= 0.6 is 11.6 Å². The number of halogens is 1. The van der Waals surface area contributed by atoms with Crippen LogP contribution in [0.15, 0.2) is 72.4 Å². The Hall–Kier alpha value is -3.57. The third-order valence-corrected chi connectivity index (χ3v) is 5.69. The van der Waals surface area contributed by atoms with E-state index >= 15 is 0 Å². The Morgan fingerprint density at radius 3 is 2.22 bits per heavy atom. The maximum atomic E-state index is 13.6. The van der Waals surface area contributed by atoms with Gasteiger partial charge in [0.25, 0.3) is 11.8 Å². The number of imide groups is 1. The highest BCUT2D eigenvalue weighted by atomic mass is 35.5. The number of aryl methyl sites for hydroxylation is 2. The fraction of sp³-hybridized carbons (Fsp3) is 0.154. The predicted molar refractivity (Wildman–Crippen MR) is 131 cm³/mol. The molecule has 0 spiro atoms. The van der Waals surface area contributed by atoms with Gasteiger partial charge in [0, 0.05) is 30.5 Å². The molecule has 3 aromatic rings. The summed E-state index contributed by atoms with van der Waals surface area (Å²) in [6, 6.07) is 20.3. The first-order valence-electron chi connectivity index (χ1n) is 10.3. The Bertz CT molecular complexity index is 1250. The van der Waals surface area contributed by atoms with E-state index in [4.69, 9.17) is 11.6 Å². The number of hydrogen-bond donors (Lipinski definition) is 1. The highest BCUT2D eigenvalue weighted by Crippen LogP contribution is 2.36. The van der Waals surface area contributed by atoms with Gasteiger partial charge >= 0.3 is 0 Å². The molecule has 0 atom stereocenters. The van der Waals surface area contributed by atoms with Crippen LogP contribution in [-0.2, 0) is 9.59 Å². The molecule has 0 aliphatic carbocycles. The average Bonchev–Trinajstić information content (AvgIpc) is 2.98. The minimum Gasteiger partial charge on any atom is -0.378 e. The van der Waals surface area contributed by atoms with Crippen LogP contribution in [0.5, 0.6) is 0 Å². The molecule has 0 aromatic heterocycles. The van der Waals surface area contributed by atoms with E-state index < -0.39 is 5.91 Å². The van der Waals surface area contributed by atoms with Gasteiger partial charge in [0.1, 0.15) is 5.70 Å². The predicted octanol–water partition coefficient (Wildman–Crippen LogP) is 5.42. The summed E-state index contributed by atoms with van der Waals surface area (Å²) in [4.78, 5) is 30.2. The molecule has 32 heavy (non-hydrogen) atoms. The van der Waals surface area contributed by atoms with Crippen LogP contribution in [0.2, 0.25) is 5.02 Å². The van der Waals surface area contributed by atoms with Crippen molar-refractivity contribution in [2.45, 2.75) is 13.8 Å². The summed E-state index contributed by atoms with van der Waals surface area (Å²) >= 11 is 6.14. The number of benzene rings is 3. The van der Waals surface area contributed by atoms with Crippen molar-refractivity contribution in [3.63, 3.8) is 0 Å². The highest BCUT2D eigenvalue weighted by molar-refractivity contribution is 6.46. The number of nitrogens with one attached hydrogen (secondary N) is 1. The first-order chi connectivity index (χ1) is 15.3.